The van der Waals surface area contributed by atoms with Crippen LogP contribution >= 0.6 is 0 Å². The predicted octanol–water partition coefficient (Wildman–Crippen LogP) is 2.85. The Hall–Kier alpha value is -3.12. The van der Waals surface area contributed by atoms with Gasteiger partial charge in [0.2, 0.25) is 11.8 Å². The number of nitrogens with two attached hydrogens (primary N) is 1. The highest BCUT2D eigenvalue weighted by Crippen LogP contribution is 2.26. The number of para-hydroxylation sites is 1. The van der Waals surface area contributed by atoms with Crippen molar-refractivity contribution in [3.05, 3.63) is 70.9 Å². The highest BCUT2D eigenvalue weighted by atomic mass is 16.2. The minimum Gasteiger partial charge on any atom is -0.368 e. The van der Waals surface area contributed by atoms with Crippen LogP contribution in [-0.2, 0) is 35.8 Å². The Morgan fingerprint density at radius 3 is 2.53 bits per heavy atom. The molecule has 0 spiro atoms. The van der Waals surface area contributed by atoms with Crippen LogP contribution in [0.5, 0.6) is 0 Å². The summed E-state index contributed by atoms with van der Waals surface area (Å²) in [6.45, 7) is 5.14. The van der Waals surface area contributed by atoms with Gasteiger partial charge in [-0.3, -0.25) is 9.59 Å². The molecular weight excluding hydrogens is 376 g/mol. The fourth-order valence-electron chi connectivity index (χ4n) is 4.37. The van der Waals surface area contributed by atoms with Gasteiger partial charge in [0.1, 0.15) is 6.54 Å². The molecule has 1 aliphatic heterocycles. The molecule has 0 unspecified atom stereocenters. The summed E-state index contributed by atoms with van der Waals surface area (Å²) >= 11 is 0. The molecule has 6 heteroatoms. The van der Waals surface area contributed by atoms with Crippen molar-refractivity contribution < 1.29 is 9.59 Å². The highest BCUT2D eigenvalue weighted by molar-refractivity contribution is 5.87. The molecule has 0 atom stereocenters. The number of hydrogen-bond acceptors (Lipinski definition) is 3. The predicted molar refractivity (Wildman–Crippen MR) is 118 cm³/mol. The van der Waals surface area contributed by atoms with E-state index in [9.17, 15) is 9.59 Å². The topological polar surface area (TPSA) is 80.4 Å². The Kier molecular flexibility index (Phi) is 5.86. The van der Waals surface area contributed by atoms with Crippen molar-refractivity contribution in [2.75, 3.05) is 6.54 Å². The zero-order valence-electron chi connectivity index (χ0n) is 17.4. The highest BCUT2D eigenvalue weighted by Gasteiger charge is 2.21. The van der Waals surface area contributed by atoms with Gasteiger partial charge in [-0.1, -0.05) is 42.5 Å². The number of carbonyl (C=O) groups excluding carboxylic acids is 2. The number of hydrogen-bond donors (Lipinski definition) is 2. The van der Waals surface area contributed by atoms with Crippen LogP contribution in [0.1, 0.15) is 35.2 Å². The number of nitrogens with one attached hydrogen (secondary N) is 1. The normalized spacial score (nSPS) is 14.0. The summed E-state index contributed by atoms with van der Waals surface area (Å²) < 4.78 is 1.99. The zero-order chi connectivity index (χ0) is 21.1. The van der Waals surface area contributed by atoms with Crippen LogP contribution in [-0.4, -0.2) is 27.8 Å². The van der Waals surface area contributed by atoms with Crippen molar-refractivity contribution >= 4 is 22.7 Å². The van der Waals surface area contributed by atoms with E-state index in [4.69, 9.17) is 5.73 Å². The first kappa shape index (κ1) is 20.2. The molecule has 2 amide bonds. The second-order valence-corrected chi connectivity index (χ2v) is 7.92. The van der Waals surface area contributed by atoms with Crippen LogP contribution < -0.4 is 11.1 Å². The number of benzene rings is 2. The zero-order valence-corrected chi connectivity index (χ0v) is 17.4. The summed E-state index contributed by atoms with van der Waals surface area (Å²) in [5.41, 5.74) is 11.1. The van der Waals surface area contributed by atoms with Crippen molar-refractivity contribution in [3.8, 4) is 0 Å². The molecule has 30 heavy (non-hydrogen) atoms. The molecule has 2 aromatic carbocycles. The van der Waals surface area contributed by atoms with E-state index in [1.165, 1.54) is 16.7 Å². The molecule has 3 aromatic rings. The number of nitrogens with zero attached hydrogens (tertiary/aromatic N) is 2. The summed E-state index contributed by atoms with van der Waals surface area (Å²) in [7, 11) is 0. The van der Waals surface area contributed by atoms with Crippen molar-refractivity contribution in [3.63, 3.8) is 0 Å². The molecule has 156 valence electrons. The van der Waals surface area contributed by atoms with E-state index in [1.807, 2.05) is 46.7 Å². The van der Waals surface area contributed by atoms with E-state index < -0.39 is 0 Å². The van der Waals surface area contributed by atoms with Gasteiger partial charge in [-0.25, -0.2) is 0 Å². The minimum atomic E-state index is -0.344. The summed E-state index contributed by atoms with van der Waals surface area (Å²) in [5, 5.41) is 4.70. The average Bonchev–Trinajstić information content (AvgIpc) is 3.25. The Morgan fingerprint density at radius 2 is 1.80 bits per heavy atom. The van der Waals surface area contributed by atoms with E-state index in [0.29, 0.717) is 26.1 Å². The molecule has 6 nitrogen and oxygen atoms in total. The molecule has 1 fully saturated rings. The monoisotopic (exact) mass is 404 g/mol. The van der Waals surface area contributed by atoms with Gasteiger partial charge in [0.15, 0.2) is 0 Å². The van der Waals surface area contributed by atoms with Crippen LogP contribution in [0.15, 0.2) is 48.5 Å². The Bertz CT molecular complexity index is 1090. The standard InChI is InChI=1S/C24H28N4O2/c1-17-21(20-9-4-5-10-22(20)28(17)16-23(25)29)14-26-13-18-7-2-3-8-19(18)15-27-12-6-11-24(27)30/h2-5,7-10,26H,6,11-16H2,1H3,(H2,25,29). The molecule has 0 bridgehead atoms. The molecule has 1 saturated heterocycles. The Balaban J connectivity index is 1.50. The first-order chi connectivity index (χ1) is 14.5. The van der Waals surface area contributed by atoms with Crippen LogP contribution in [0.4, 0.5) is 0 Å². The quantitative estimate of drug-likeness (QED) is 0.606. The number of primary amides is 1. The second kappa shape index (κ2) is 8.71. The molecule has 1 aliphatic rings. The van der Waals surface area contributed by atoms with Crippen molar-refractivity contribution in [1.82, 2.24) is 14.8 Å². The lowest BCUT2D eigenvalue weighted by molar-refractivity contribution is -0.128. The van der Waals surface area contributed by atoms with Crippen LogP contribution in [0.25, 0.3) is 10.9 Å². The molecule has 3 N–H and O–H groups in total. The maximum absolute atomic E-state index is 12.0. The van der Waals surface area contributed by atoms with E-state index in [-0.39, 0.29) is 18.4 Å². The van der Waals surface area contributed by atoms with Crippen LogP contribution in [0, 0.1) is 6.92 Å². The van der Waals surface area contributed by atoms with E-state index in [2.05, 4.69) is 23.5 Å². The van der Waals surface area contributed by atoms with Gasteiger partial charge in [-0.05, 0) is 36.1 Å². The van der Waals surface area contributed by atoms with Gasteiger partial charge in [-0.2, -0.15) is 0 Å². The number of amides is 2. The summed E-state index contributed by atoms with van der Waals surface area (Å²) in [5.74, 6) is -0.0978. The molecule has 1 aromatic heterocycles. The number of likely N-dealkylation sites (tertiary alicyclic amines) is 1. The van der Waals surface area contributed by atoms with Gasteiger partial charge in [0.05, 0.1) is 0 Å². The number of fused-ring (bicyclic) bond motifs is 1. The minimum absolute atomic E-state index is 0.180. The van der Waals surface area contributed by atoms with Gasteiger partial charge < -0.3 is 20.5 Å². The summed E-state index contributed by atoms with van der Waals surface area (Å²) in [4.78, 5) is 25.5. The maximum Gasteiger partial charge on any atom is 0.237 e. The fraction of sp³-hybridized carbons (Fsp3) is 0.333. The lowest BCUT2D eigenvalue weighted by Crippen LogP contribution is -2.25. The number of rotatable bonds is 8. The van der Waals surface area contributed by atoms with E-state index in [0.717, 1.165) is 29.6 Å². The number of aromatic nitrogens is 1. The SMILES string of the molecule is Cc1c(CNCc2ccccc2CN2CCCC2=O)c2ccccc2n1CC(N)=O. The van der Waals surface area contributed by atoms with Crippen LogP contribution in [0.3, 0.4) is 0 Å². The molecule has 0 aliphatic carbocycles. The van der Waals surface area contributed by atoms with Gasteiger partial charge in [-0.15, -0.1) is 0 Å². The van der Waals surface area contributed by atoms with Crippen molar-refractivity contribution in [1.29, 1.82) is 0 Å². The van der Waals surface area contributed by atoms with Gasteiger partial charge in [0, 0.05) is 49.2 Å². The molecule has 4 rings (SSSR count). The average molecular weight is 405 g/mol. The Labute approximate surface area is 176 Å². The van der Waals surface area contributed by atoms with Crippen molar-refractivity contribution in [2.24, 2.45) is 5.73 Å². The van der Waals surface area contributed by atoms with Crippen molar-refractivity contribution in [2.45, 2.75) is 45.9 Å². The lowest BCUT2D eigenvalue weighted by Gasteiger charge is -2.18. The van der Waals surface area contributed by atoms with E-state index in [1.54, 1.807) is 0 Å². The molecule has 0 saturated carbocycles. The molecular formula is C24H28N4O2. The third-order valence-corrected chi connectivity index (χ3v) is 5.94. The fourth-order valence-corrected chi connectivity index (χ4v) is 4.37. The first-order valence-electron chi connectivity index (χ1n) is 10.4. The number of carbonyl (C=O) groups is 2. The van der Waals surface area contributed by atoms with Crippen LogP contribution in [0.2, 0.25) is 0 Å². The second-order valence-electron chi connectivity index (χ2n) is 7.92. The largest absolute Gasteiger partial charge is 0.368 e. The molecule has 2 heterocycles. The molecule has 0 radical (unpaired) electrons. The maximum atomic E-state index is 12.0. The lowest BCUT2D eigenvalue weighted by atomic mass is 10.1. The van der Waals surface area contributed by atoms with E-state index >= 15 is 0 Å². The smallest absolute Gasteiger partial charge is 0.237 e. The van der Waals surface area contributed by atoms with Gasteiger partial charge >= 0.3 is 0 Å². The Morgan fingerprint density at radius 1 is 1.07 bits per heavy atom. The third-order valence-electron chi connectivity index (χ3n) is 5.94. The first-order valence-corrected chi connectivity index (χ1v) is 10.4. The summed E-state index contributed by atoms with van der Waals surface area (Å²) in [6, 6.07) is 16.4. The van der Waals surface area contributed by atoms with Gasteiger partial charge in [0.25, 0.3) is 0 Å². The third kappa shape index (κ3) is 4.09. The summed E-state index contributed by atoms with van der Waals surface area (Å²) in [6.07, 6.45) is 1.61.